The van der Waals surface area contributed by atoms with Gasteiger partial charge in [0.2, 0.25) is 0 Å². The third-order valence-corrected chi connectivity index (χ3v) is 4.49. The van der Waals surface area contributed by atoms with E-state index in [1.165, 1.54) is 12.1 Å². The molecular formula is C18H18F2N2O5S. The molecule has 0 aliphatic carbocycles. The van der Waals surface area contributed by atoms with Gasteiger partial charge in [0.15, 0.2) is 11.0 Å². The number of benzene rings is 2. The molecule has 2 aromatic rings. The Hall–Kier alpha value is -3.01. The molecule has 0 fully saturated rings. The summed E-state index contributed by atoms with van der Waals surface area (Å²) in [6.07, 6.45) is 0. The number of hydrogen-bond acceptors (Lipinski definition) is 4. The second-order valence-corrected chi connectivity index (χ2v) is 8.08. The maximum atomic E-state index is 13.9. The molecule has 0 radical (unpaired) electrons. The summed E-state index contributed by atoms with van der Waals surface area (Å²) in [7, 11) is -2.12. The minimum atomic E-state index is -2.12. The van der Waals surface area contributed by atoms with Crippen molar-refractivity contribution in [1.82, 2.24) is 5.32 Å². The fourth-order valence-corrected chi connectivity index (χ4v) is 3.06. The largest absolute Gasteiger partial charge is 0.507 e. The number of amides is 1. The zero-order valence-corrected chi connectivity index (χ0v) is 16.0. The molecule has 10 heteroatoms. The smallest absolute Gasteiger partial charge is 0.338 e. The Labute approximate surface area is 162 Å². The van der Waals surface area contributed by atoms with Gasteiger partial charge in [-0.1, -0.05) is 0 Å². The van der Waals surface area contributed by atoms with Gasteiger partial charge in [-0.25, -0.2) is 17.8 Å². The van der Waals surface area contributed by atoms with Gasteiger partial charge in [-0.3, -0.25) is 9.52 Å². The van der Waals surface area contributed by atoms with Gasteiger partial charge >= 0.3 is 5.97 Å². The maximum Gasteiger partial charge on any atom is 0.338 e. The van der Waals surface area contributed by atoms with Crippen LogP contribution in [0.2, 0.25) is 0 Å². The predicted molar refractivity (Wildman–Crippen MR) is 98.7 cm³/mol. The highest BCUT2D eigenvalue weighted by Gasteiger charge is 2.20. The van der Waals surface area contributed by atoms with Crippen molar-refractivity contribution in [2.45, 2.75) is 31.2 Å². The predicted octanol–water partition coefficient (Wildman–Crippen LogP) is 3.03. The third-order valence-electron chi connectivity index (χ3n) is 3.41. The Balaban J connectivity index is 2.24. The fraction of sp³-hybridized carbons (Fsp3) is 0.222. The van der Waals surface area contributed by atoms with Gasteiger partial charge in [0.05, 0.1) is 21.7 Å². The van der Waals surface area contributed by atoms with E-state index in [-0.39, 0.29) is 10.5 Å². The van der Waals surface area contributed by atoms with Crippen LogP contribution < -0.4 is 10.0 Å². The lowest BCUT2D eigenvalue weighted by Gasteiger charge is -2.20. The standard InChI is InChI=1S/C18H18F2N2O5S/c1-18(2,3)21-16(24)10-5-4-9(6-15(10)23)28(27)22-14-8-12(19)11(17(25)26)7-13(14)20/h4-8,22-23H,1-3H3,(H,21,24)(H,25,26). The average Bonchev–Trinajstić information content (AvgIpc) is 2.55. The molecule has 150 valence electrons. The van der Waals surface area contributed by atoms with E-state index in [1.54, 1.807) is 20.8 Å². The first-order valence-corrected chi connectivity index (χ1v) is 9.10. The molecule has 2 aromatic carbocycles. The number of aromatic hydroxyl groups is 1. The Morgan fingerprint density at radius 1 is 1.04 bits per heavy atom. The Kier molecular flexibility index (Phi) is 6.03. The van der Waals surface area contributed by atoms with Crippen molar-refractivity contribution in [3.63, 3.8) is 0 Å². The monoisotopic (exact) mass is 412 g/mol. The summed E-state index contributed by atoms with van der Waals surface area (Å²) in [5.41, 5.74) is -1.95. The lowest BCUT2D eigenvalue weighted by molar-refractivity contribution is 0.0691. The van der Waals surface area contributed by atoms with Gasteiger partial charge < -0.3 is 15.5 Å². The molecule has 1 unspecified atom stereocenters. The summed E-state index contributed by atoms with van der Waals surface area (Å²) in [5, 5.41) is 21.5. The van der Waals surface area contributed by atoms with Crippen molar-refractivity contribution >= 4 is 28.5 Å². The zero-order chi connectivity index (χ0) is 21.2. The van der Waals surface area contributed by atoms with E-state index in [2.05, 4.69) is 10.0 Å². The van der Waals surface area contributed by atoms with Gasteiger partial charge in [0.1, 0.15) is 17.4 Å². The topological polar surface area (TPSA) is 116 Å². The average molecular weight is 412 g/mol. The van der Waals surface area contributed by atoms with Crippen molar-refractivity contribution in [1.29, 1.82) is 0 Å². The van der Waals surface area contributed by atoms with Crippen LogP contribution in [-0.2, 0) is 11.0 Å². The van der Waals surface area contributed by atoms with Crippen LogP contribution in [0.25, 0.3) is 0 Å². The summed E-state index contributed by atoms with van der Waals surface area (Å²) in [4.78, 5) is 22.9. The molecule has 1 atom stereocenters. The first-order chi connectivity index (χ1) is 12.9. The second kappa shape index (κ2) is 7.93. The molecule has 1 amide bonds. The van der Waals surface area contributed by atoms with Gasteiger partial charge in [-0.05, 0) is 45.0 Å². The number of hydrogen-bond donors (Lipinski definition) is 4. The molecule has 0 aliphatic rings. The molecular weight excluding hydrogens is 394 g/mol. The number of carbonyl (C=O) groups is 2. The number of phenolic OH excluding ortho intramolecular Hbond substituents is 1. The lowest BCUT2D eigenvalue weighted by Crippen LogP contribution is -2.40. The number of carboxylic acid groups (broad SMARTS) is 1. The van der Waals surface area contributed by atoms with Gasteiger partial charge in [0, 0.05) is 11.6 Å². The van der Waals surface area contributed by atoms with Crippen LogP contribution in [0.3, 0.4) is 0 Å². The van der Waals surface area contributed by atoms with Crippen molar-refractivity contribution in [3.8, 4) is 5.75 Å². The lowest BCUT2D eigenvalue weighted by atomic mass is 10.1. The number of carbonyl (C=O) groups excluding carboxylic acids is 1. The van der Waals surface area contributed by atoms with Crippen LogP contribution in [-0.4, -0.2) is 31.8 Å². The quantitative estimate of drug-likeness (QED) is 0.603. The van der Waals surface area contributed by atoms with Crippen molar-refractivity contribution in [2.75, 3.05) is 4.72 Å². The number of nitrogens with one attached hydrogen (secondary N) is 2. The first-order valence-electron chi connectivity index (χ1n) is 7.95. The van der Waals surface area contributed by atoms with Gasteiger partial charge in [-0.2, -0.15) is 0 Å². The number of halogens is 2. The Morgan fingerprint density at radius 3 is 2.21 bits per heavy atom. The molecule has 2 rings (SSSR count). The highest BCUT2D eigenvalue weighted by atomic mass is 32.2. The summed E-state index contributed by atoms with van der Waals surface area (Å²) < 4.78 is 42.2. The van der Waals surface area contributed by atoms with E-state index in [0.717, 1.165) is 6.07 Å². The van der Waals surface area contributed by atoms with Crippen molar-refractivity contribution in [2.24, 2.45) is 0 Å². The number of carboxylic acids is 1. The molecule has 0 heterocycles. The number of aromatic carboxylic acids is 1. The highest BCUT2D eigenvalue weighted by Crippen LogP contribution is 2.25. The second-order valence-electron chi connectivity index (χ2n) is 6.87. The normalized spacial score (nSPS) is 12.3. The molecule has 0 saturated heterocycles. The minimum absolute atomic E-state index is 0.00747. The summed E-state index contributed by atoms with van der Waals surface area (Å²) in [6.45, 7) is 5.29. The van der Waals surface area contributed by atoms with E-state index in [1.807, 2.05) is 0 Å². The molecule has 0 aromatic heterocycles. The summed E-state index contributed by atoms with van der Waals surface area (Å²) in [5.74, 6) is -4.93. The van der Waals surface area contributed by atoms with E-state index >= 15 is 0 Å². The van der Waals surface area contributed by atoms with E-state index in [0.29, 0.717) is 12.1 Å². The van der Waals surface area contributed by atoms with Crippen LogP contribution in [0.4, 0.5) is 14.5 Å². The van der Waals surface area contributed by atoms with Crippen LogP contribution in [0, 0.1) is 11.6 Å². The highest BCUT2D eigenvalue weighted by molar-refractivity contribution is 7.86. The van der Waals surface area contributed by atoms with Gasteiger partial charge in [0.25, 0.3) is 5.91 Å². The molecule has 0 saturated carbocycles. The molecule has 7 nitrogen and oxygen atoms in total. The Morgan fingerprint density at radius 2 is 1.68 bits per heavy atom. The number of rotatable bonds is 5. The van der Waals surface area contributed by atoms with E-state index in [4.69, 9.17) is 5.11 Å². The third kappa shape index (κ3) is 5.03. The first kappa shape index (κ1) is 21.3. The molecule has 4 N–H and O–H groups in total. The molecule has 0 bridgehead atoms. The molecule has 28 heavy (non-hydrogen) atoms. The SMILES string of the molecule is CC(C)(C)NC(=O)c1ccc(S(=O)Nc2cc(F)c(C(=O)O)cc2F)cc1O. The van der Waals surface area contributed by atoms with Crippen LogP contribution >= 0.6 is 0 Å². The van der Waals surface area contributed by atoms with E-state index in [9.17, 15) is 27.7 Å². The minimum Gasteiger partial charge on any atom is -0.507 e. The van der Waals surface area contributed by atoms with E-state index < -0.39 is 57.0 Å². The van der Waals surface area contributed by atoms with Crippen LogP contribution in [0.5, 0.6) is 5.75 Å². The number of anilines is 1. The zero-order valence-electron chi connectivity index (χ0n) is 15.2. The summed E-state index contributed by atoms with van der Waals surface area (Å²) in [6, 6.07) is 4.62. The summed E-state index contributed by atoms with van der Waals surface area (Å²) >= 11 is 0. The van der Waals surface area contributed by atoms with Crippen molar-refractivity contribution < 1.29 is 32.8 Å². The van der Waals surface area contributed by atoms with Gasteiger partial charge in [-0.15, -0.1) is 0 Å². The van der Waals surface area contributed by atoms with Crippen LogP contribution in [0.1, 0.15) is 41.5 Å². The number of phenols is 1. The molecule has 0 spiro atoms. The van der Waals surface area contributed by atoms with Crippen LogP contribution in [0.15, 0.2) is 35.2 Å². The van der Waals surface area contributed by atoms with Crippen molar-refractivity contribution in [3.05, 3.63) is 53.1 Å². The maximum absolute atomic E-state index is 13.9. The molecule has 0 aliphatic heterocycles. The Bertz CT molecular complexity index is 973. The fourth-order valence-electron chi connectivity index (χ4n) is 2.17.